The highest BCUT2D eigenvalue weighted by molar-refractivity contribution is 4.67. The van der Waals surface area contributed by atoms with Crippen LogP contribution in [0.5, 0.6) is 0 Å². The van der Waals surface area contributed by atoms with Crippen LogP contribution in [-0.4, -0.2) is 65.4 Å². The van der Waals surface area contributed by atoms with E-state index in [1.807, 2.05) is 6.92 Å². The fourth-order valence-corrected chi connectivity index (χ4v) is 0.577. The van der Waals surface area contributed by atoms with Crippen LogP contribution in [0.15, 0.2) is 0 Å². The zero-order valence-electron chi connectivity index (χ0n) is 10.2. The summed E-state index contributed by atoms with van der Waals surface area (Å²) in [6.45, 7) is 5.92. The lowest BCUT2D eigenvalue weighted by molar-refractivity contribution is -0.201. The van der Waals surface area contributed by atoms with Gasteiger partial charge in [-0.15, -0.1) is 0 Å². The molecule has 0 radical (unpaired) electrons. The van der Waals surface area contributed by atoms with Crippen LogP contribution in [0.4, 0.5) is 0 Å². The first-order chi connectivity index (χ1) is 7.40. The molecule has 0 heterocycles. The third-order valence-corrected chi connectivity index (χ3v) is 1.41. The van der Waals surface area contributed by atoms with E-state index in [2.05, 4.69) is 4.74 Å². The van der Waals surface area contributed by atoms with Crippen molar-refractivity contribution in [1.29, 1.82) is 0 Å². The molecular formula is C10H24O6. The fourth-order valence-electron chi connectivity index (χ4n) is 0.577. The van der Waals surface area contributed by atoms with Gasteiger partial charge in [-0.2, -0.15) is 0 Å². The summed E-state index contributed by atoms with van der Waals surface area (Å²) >= 11 is 0. The van der Waals surface area contributed by atoms with Crippen LogP contribution in [0.25, 0.3) is 0 Å². The maximum absolute atomic E-state index is 9.06. The number of rotatable bonds is 7. The number of ether oxygens (including phenoxy) is 2. The van der Waals surface area contributed by atoms with E-state index in [9.17, 15) is 0 Å². The molecule has 4 N–H and O–H groups in total. The van der Waals surface area contributed by atoms with E-state index in [0.717, 1.165) is 0 Å². The van der Waals surface area contributed by atoms with E-state index in [0.29, 0.717) is 13.2 Å². The van der Waals surface area contributed by atoms with Crippen molar-refractivity contribution in [3.05, 3.63) is 0 Å². The van der Waals surface area contributed by atoms with E-state index < -0.39 is 11.9 Å². The van der Waals surface area contributed by atoms with E-state index >= 15 is 0 Å². The molecule has 16 heavy (non-hydrogen) atoms. The van der Waals surface area contributed by atoms with E-state index in [1.54, 1.807) is 0 Å². The summed E-state index contributed by atoms with van der Waals surface area (Å²) in [6.07, 6.45) is -1.24. The Bertz CT molecular complexity index is 130. The monoisotopic (exact) mass is 240 g/mol. The van der Waals surface area contributed by atoms with Crippen molar-refractivity contribution in [2.24, 2.45) is 0 Å². The number of aliphatic hydroxyl groups is 4. The first-order valence-corrected chi connectivity index (χ1v) is 5.21. The van der Waals surface area contributed by atoms with E-state index in [1.165, 1.54) is 13.8 Å². The molecule has 0 aromatic heterocycles. The van der Waals surface area contributed by atoms with Crippen molar-refractivity contribution in [3.8, 4) is 0 Å². The summed E-state index contributed by atoms with van der Waals surface area (Å²) in [5.74, 6) is 0. The second kappa shape index (κ2) is 11.3. The minimum Gasteiger partial charge on any atom is -0.394 e. The first kappa shape index (κ1) is 18.1. The van der Waals surface area contributed by atoms with Gasteiger partial charge in [0, 0.05) is 6.61 Å². The zero-order valence-corrected chi connectivity index (χ0v) is 10.2. The minimum absolute atomic E-state index is 0.0329. The lowest BCUT2D eigenvalue weighted by Crippen LogP contribution is -2.38. The molecule has 0 amide bonds. The Morgan fingerprint density at radius 2 is 1.62 bits per heavy atom. The Morgan fingerprint density at radius 3 is 1.88 bits per heavy atom. The van der Waals surface area contributed by atoms with Crippen LogP contribution < -0.4 is 0 Å². The predicted molar refractivity (Wildman–Crippen MR) is 58.9 cm³/mol. The molecule has 1 atom stereocenters. The van der Waals surface area contributed by atoms with Gasteiger partial charge < -0.3 is 29.9 Å². The molecule has 1 unspecified atom stereocenters. The molecule has 6 heteroatoms. The molecular weight excluding hydrogens is 216 g/mol. The third-order valence-electron chi connectivity index (χ3n) is 1.41. The van der Waals surface area contributed by atoms with Crippen LogP contribution in [0.1, 0.15) is 20.8 Å². The normalized spacial score (nSPS) is 12.9. The molecule has 0 bridgehead atoms. The molecule has 100 valence electrons. The van der Waals surface area contributed by atoms with Gasteiger partial charge in [0.05, 0.1) is 26.4 Å². The van der Waals surface area contributed by atoms with Crippen molar-refractivity contribution in [2.75, 3.05) is 33.0 Å². The molecule has 0 aromatic carbocycles. The van der Waals surface area contributed by atoms with Crippen LogP contribution in [-0.2, 0) is 9.47 Å². The van der Waals surface area contributed by atoms with Crippen molar-refractivity contribution in [3.63, 3.8) is 0 Å². The average Bonchev–Trinajstić information content (AvgIpc) is 2.22. The van der Waals surface area contributed by atoms with Gasteiger partial charge in [0.15, 0.2) is 6.29 Å². The Balaban J connectivity index is 0. The fraction of sp³-hybridized carbons (Fsp3) is 1.00. The highest BCUT2D eigenvalue weighted by Crippen LogP contribution is 2.08. The maximum atomic E-state index is 9.06. The topological polar surface area (TPSA) is 99.4 Å². The van der Waals surface area contributed by atoms with Crippen molar-refractivity contribution in [1.82, 2.24) is 0 Å². The van der Waals surface area contributed by atoms with Gasteiger partial charge in [-0.05, 0) is 20.8 Å². The zero-order chi connectivity index (χ0) is 13.0. The predicted octanol–water partition coefficient (Wildman–Crippen LogP) is -0.900. The van der Waals surface area contributed by atoms with Crippen LogP contribution in [0, 0.1) is 0 Å². The quantitative estimate of drug-likeness (QED) is 0.340. The minimum atomic E-state index is -1.27. The summed E-state index contributed by atoms with van der Waals surface area (Å²) in [4.78, 5) is 0. The summed E-state index contributed by atoms with van der Waals surface area (Å²) in [6, 6.07) is 0. The molecule has 0 saturated heterocycles. The number of hydrogen-bond acceptors (Lipinski definition) is 6. The molecule has 0 saturated carbocycles. The Hall–Kier alpha value is -0.240. The van der Waals surface area contributed by atoms with Crippen LogP contribution >= 0.6 is 0 Å². The van der Waals surface area contributed by atoms with Gasteiger partial charge in [0.25, 0.3) is 0 Å². The van der Waals surface area contributed by atoms with Gasteiger partial charge >= 0.3 is 0 Å². The Kier molecular flexibility index (Phi) is 12.8. The van der Waals surface area contributed by atoms with Crippen LogP contribution in [0.2, 0.25) is 0 Å². The van der Waals surface area contributed by atoms with Gasteiger partial charge in [-0.3, -0.25) is 0 Å². The van der Waals surface area contributed by atoms with Crippen molar-refractivity contribution >= 4 is 0 Å². The molecule has 0 aliphatic rings. The molecule has 0 aliphatic carbocycles. The standard InChI is InChI=1S/C6H14O4.C4H10O2/c1-6(2,9)5(8)10-4-3-7;1-2-6-4-3-5/h5,7-9H,3-4H2,1-2H3;5H,2-4H2,1H3. The third kappa shape index (κ3) is 13.8. The SMILES string of the molecule is CC(C)(O)C(O)OCCO.CCOCCO. The molecule has 0 aromatic rings. The van der Waals surface area contributed by atoms with Gasteiger partial charge in [0.2, 0.25) is 0 Å². The maximum Gasteiger partial charge on any atom is 0.183 e. The summed E-state index contributed by atoms with van der Waals surface area (Å²) in [5, 5.41) is 34.3. The number of aliphatic hydroxyl groups excluding tert-OH is 3. The summed E-state index contributed by atoms with van der Waals surface area (Å²) in [7, 11) is 0. The summed E-state index contributed by atoms with van der Waals surface area (Å²) < 4.78 is 9.34. The second-order valence-electron chi connectivity index (χ2n) is 3.52. The first-order valence-electron chi connectivity index (χ1n) is 5.21. The second-order valence-corrected chi connectivity index (χ2v) is 3.52. The lowest BCUT2D eigenvalue weighted by Gasteiger charge is -2.23. The Labute approximate surface area is 96.4 Å². The van der Waals surface area contributed by atoms with E-state index in [4.69, 9.17) is 25.2 Å². The van der Waals surface area contributed by atoms with Gasteiger partial charge in [-0.1, -0.05) is 0 Å². The number of hydrogen-bond donors (Lipinski definition) is 4. The summed E-state index contributed by atoms with van der Waals surface area (Å²) in [5.41, 5.74) is -1.27. The Morgan fingerprint density at radius 1 is 1.12 bits per heavy atom. The van der Waals surface area contributed by atoms with Gasteiger partial charge in [-0.25, -0.2) is 0 Å². The highest BCUT2D eigenvalue weighted by Gasteiger charge is 2.24. The molecule has 6 nitrogen and oxygen atoms in total. The lowest BCUT2D eigenvalue weighted by atomic mass is 10.1. The van der Waals surface area contributed by atoms with Crippen LogP contribution in [0.3, 0.4) is 0 Å². The van der Waals surface area contributed by atoms with Gasteiger partial charge in [0.1, 0.15) is 5.60 Å². The molecule has 0 spiro atoms. The van der Waals surface area contributed by atoms with Crippen molar-refractivity contribution < 1.29 is 29.9 Å². The molecule has 0 fully saturated rings. The molecule has 0 rings (SSSR count). The largest absolute Gasteiger partial charge is 0.394 e. The van der Waals surface area contributed by atoms with E-state index in [-0.39, 0.29) is 19.8 Å². The molecule has 0 aliphatic heterocycles. The smallest absolute Gasteiger partial charge is 0.183 e. The van der Waals surface area contributed by atoms with Crippen molar-refractivity contribution in [2.45, 2.75) is 32.7 Å². The average molecular weight is 240 g/mol. The highest BCUT2D eigenvalue weighted by atomic mass is 16.6.